The molecule has 1 aromatic heterocycles. The van der Waals surface area contributed by atoms with E-state index in [4.69, 9.17) is 0 Å². The van der Waals surface area contributed by atoms with E-state index in [1.807, 2.05) is 17.7 Å². The number of hydrogen-bond acceptors (Lipinski definition) is 3. The molecule has 0 aromatic carbocycles. The summed E-state index contributed by atoms with van der Waals surface area (Å²) in [7, 11) is 0. The molecule has 1 aromatic rings. The van der Waals surface area contributed by atoms with Gasteiger partial charge in [0, 0.05) is 12.4 Å². The van der Waals surface area contributed by atoms with Crippen LogP contribution in [0, 0.1) is 0 Å². The van der Waals surface area contributed by atoms with Gasteiger partial charge in [-0.2, -0.15) is 0 Å². The summed E-state index contributed by atoms with van der Waals surface area (Å²) in [4.78, 5) is 13.3. The van der Waals surface area contributed by atoms with Crippen LogP contribution >= 0.6 is 0 Å². The molecule has 2 rings (SSSR count). The fourth-order valence-corrected chi connectivity index (χ4v) is 1.68. The van der Waals surface area contributed by atoms with Gasteiger partial charge in [0.25, 0.3) is 0 Å². The highest BCUT2D eigenvalue weighted by atomic mass is 15.1. The summed E-state index contributed by atoms with van der Waals surface area (Å²) in [6.07, 6.45) is 6.47. The second kappa shape index (κ2) is 3.61. The molecule has 2 heterocycles. The minimum Gasteiger partial charge on any atom is -0.331 e. The summed E-state index contributed by atoms with van der Waals surface area (Å²) in [6.45, 7) is 6.97. The van der Waals surface area contributed by atoms with Gasteiger partial charge >= 0.3 is 0 Å². The van der Waals surface area contributed by atoms with E-state index in [2.05, 4.69) is 28.8 Å². The lowest BCUT2D eigenvalue weighted by molar-refractivity contribution is 0.489. The monoisotopic (exact) mass is 204 g/mol. The molecular weight excluding hydrogens is 188 g/mol. The predicted octanol–water partition coefficient (Wildman–Crippen LogP) is 1.92. The Kier molecular flexibility index (Phi) is 2.42. The van der Waals surface area contributed by atoms with Crippen molar-refractivity contribution in [3.63, 3.8) is 0 Å². The standard InChI is InChI=1S/C11H16N4/c1-4-11(3)13-9(2)10(14-11)7-15-6-5-12-8-15/h5-6,8H,4,7H2,1-3H3. The van der Waals surface area contributed by atoms with E-state index < -0.39 is 0 Å². The lowest BCUT2D eigenvalue weighted by atomic mass is 10.2. The van der Waals surface area contributed by atoms with Gasteiger partial charge in [0.05, 0.1) is 24.3 Å². The third kappa shape index (κ3) is 1.98. The van der Waals surface area contributed by atoms with Crippen LogP contribution < -0.4 is 0 Å². The molecule has 0 saturated heterocycles. The molecule has 80 valence electrons. The van der Waals surface area contributed by atoms with Crippen molar-refractivity contribution in [3.05, 3.63) is 18.7 Å². The second-order valence-corrected chi connectivity index (χ2v) is 4.06. The lowest BCUT2D eigenvalue weighted by Crippen LogP contribution is -2.16. The highest BCUT2D eigenvalue weighted by Crippen LogP contribution is 2.23. The number of hydrogen-bond donors (Lipinski definition) is 0. The van der Waals surface area contributed by atoms with Gasteiger partial charge in [-0.05, 0) is 20.3 Å². The minimum atomic E-state index is -0.236. The Morgan fingerprint density at radius 2 is 2.20 bits per heavy atom. The zero-order valence-electron chi connectivity index (χ0n) is 9.44. The van der Waals surface area contributed by atoms with Gasteiger partial charge in [-0.15, -0.1) is 0 Å². The first-order valence-electron chi connectivity index (χ1n) is 5.24. The third-order valence-electron chi connectivity index (χ3n) is 2.76. The van der Waals surface area contributed by atoms with E-state index >= 15 is 0 Å². The van der Waals surface area contributed by atoms with Crippen molar-refractivity contribution in [2.45, 2.75) is 39.4 Å². The quantitative estimate of drug-likeness (QED) is 0.741. The Morgan fingerprint density at radius 1 is 1.40 bits per heavy atom. The van der Waals surface area contributed by atoms with Gasteiger partial charge < -0.3 is 4.57 Å². The third-order valence-corrected chi connectivity index (χ3v) is 2.76. The van der Waals surface area contributed by atoms with Crippen LogP contribution in [0.4, 0.5) is 0 Å². The molecule has 1 atom stereocenters. The number of aliphatic imine (C=N–C) groups is 2. The highest BCUT2D eigenvalue weighted by Gasteiger charge is 2.27. The van der Waals surface area contributed by atoms with Gasteiger partial charge in [-0.1, -0.05) is 6.92 Å². The van der Waals surface area contributed by atoms with Crippen molar-refractivity contribution in [2.24, 2.45) is 9.98 Å². The van der Waals surface area contributed by atoms with Crippen LogP contribution in [0.15, 0.2) is 28.7 Å². The maximum atomic E-state index is 4.66. The van der Waals surface area contributed by atoms with Gasteiger partial charge in [0.15, 0.2) is 0 Å². The summed E-state index contributed by atoms with van der Waals surface area (Å²) in [6, 6.07) is 0. The van der Waals surface area contributed by atoms with Gasteiger partial charge in [0.2, 0.25) is 0 Å². The summed E-state index contributed by atoms with van der Waals surface area (Å²) in [5, 5.41) is 0. The van der Waals surface area contributed by atoms with Crippen LogP contribution in [0.1, 0.15) is 27.2 Å². The molecule has 0 fully saturated rings. The molecule has 4 nitrogen and oxygen atoms in total. The first kappa shape index (κ1) is 10.1. The summed E-state index contributed by atoms with van der Waals surface area (Å²) in [5.41, 5.74) is 1.88. The highest BCUT2D eigenvalue weighted by molar-refractivity contribution is 6.42. The van der Waals surface area contributed by atoms with E-state index in [1.165, 1.54) is 0 Å². The van der Waals surface area contributed by atoms with Crippen LogP contribution in [0.25, 0.3) is 0 Å². The molecule has 1 aliphatic rings. The van der Waals surface area contributed by atoms with Crippen molar-refractivity contribution in [2.75, 3.05) is 0 Å². The van der Waals surface area contributed by atoms with Crippen LogP contribution in [0.3, 0.4) is 0 Å². The van der Waals surface area contributed by atoms with Crippen LogP contribution in [0.2, 0.25) is 0 Å². The molecule has 0 N–H and O–H groups in total. The Bertz CT molecular complexity index is 402. The number of aromatic nitrogens is 2. The normalized spacial score (nSPS) is 25.3. The molecular formula is C11H16N4. The van der Waals surface area contributed by atoms with Crippen LogP contribution in [-0.2, 0) is 6.54 Å². The predicted molar refractivity (Wildman–Crippen MR) is 61.5 cm³/mol. The van der Waals surface area contributed by atoms with Gasteiger partial charge in [0.1, 0.15) is 5.66 Å². The lowest BCUT2D eigenvalue weighted by Gasteiger charge is -2.13. The zero-order valence-corrected chi connectivity index (χ0v) is 9.44. The topological polar surface area (TPSA) is 42.5 Å². The number of imidazole rings is 1. The second-order valence-electron chi connectivity index (χ2n) is 4.06. The Balaban J connectivity index is 2.18. The molecule has 4 heteroatoms. The largest absolute Gasteiger partial charge is 0.331 e. The molecule has 0 aliphatic carbocycles. The van der Waals surface area contributed by atoms with Gasteiger partial charge in [-0.25, -0.2) is 4.98 Å². The average Bonchev–Trinajstić information content (AvgIpc) is 2.77. The van der Waals surface area contributed by atoms with Crippen molar-refractivity contribution < 1.29 is 0 Å². The molecule has 0 radical (unpaired) electrons. The molecule has 1 unspecified atom stereocenters. The first-order valence-corrected chi connectivity index (χ1v) is 5.24. The number of nitrogens with zero attached hydrogens (tertiary/aromatic N) is 4. The van der Waals surface area contributed by atoms with Crippen LogP contribution in [0.5, 0.6) is 0 Å². The Morgan fingerprint density at radius 3 is 2.73 bits per heavy atom. The van der Waals surface area contributed by atoms with Crippen molar-refractivity contribution in [1.82, 2.24) is 9.55 Å². The fourth-order valence-electron chi connectivity index (χ4n) is 1.68. The molecule has 0 bridgehead atoms. The molecule has 0 spiro atoms. The maximum absolute atomic E-state index is 4.66. The SMILES string of the molecule is CCC1(C)N=C(C)C(Cn2ccnc2)=N1. The molecule has 0 amide bonds. The van der Waals surface area contributed by atoms with Crippen LogP contribution in [-0.4, -0.2) is 26.6 Å². The first-order chi connectivity index (χ1) is 7.13. The summed E-state index contributed by atoms with van der Waals surface area (Å²) < 4.78 is 2.01. The number of rotatable bonds is 3. The molecule has 1 aliphatic heterocycles. The van der Waals surface area contributed by atoms with Gasteiger partial charge in [-0.3, -0.25) is 9.98 Å². The van der Waals surface area contributed by atoms with E-state index in [-0.39, 0.29) is 5.66 Å². The maximum Gasteiger partial charge on any atom is 0.147 e. The van der Waals surface area contributed by atoms with E-state index in [1.54, 1.807) is 12.5 Å². The van der Waals surface area contributed by atoms with E-state index in [9.17, 15) is 0 Å². The minimum absolute atomic E-state index is 0.236. The summed E-state index contributed by atoms with van der Waals surface area (Å²) in [5.74, 6) is 0. The summed E-state index contributed by atoms with van der Waals surface area (Å²) >= 11 is 0. The van der Waals surface area contributed by atoms with Crippen molar-refractivity contribution in [3.8, 4) is 0 Å². The Hall–Kier alpha value is -1.45. The zero-order chi connectivity index (χ0) is 10.9. The molecule has 15 heavy (non-hydrogen) atoms. The van der Waals surface area contributed by atoms with E-state index in [0.29, 0.717) is 0 Å². The average molecular weight is 204 g/mol. The van der Waals surface area contributed by atoms with E-state index in [0.717, 1.165) is 24.4 Å². The molecule has 0 saturated carbocycles. The van der Waals surface area contributed by atoms with Crippen molar-refractivity contribution in [1.29, 1.82) is 0 Å². The Labute approximate surface area is 89.8 Å². The fraction of sp³-hybridized carbons (Fsp3) is 0.545. The smallest absolute Gasteiger partial charge is 0.147 e. The van der Waals surface area contributed by atoms with Crippen molar-refractivity contribution >= 4 is 11.4 Å².